The fourth-order valence-corrected chi connectivity index (χ4v) is 1.17. The predicted molar refractivity (Wildman–Crippen MR) is 63.3 cm³/mol. The summed E-state index contributed by atoms with van der Waals surface area (Å²) in [5.74, 6) is -1.48. The van der Waals surface area contributed by atoms with E-state index in [4.69, 9.17) is 11.6 Å². The zero-order chi connectivity index (χ0) is 12.0. The molecule has 0 aliphatic heterocycles. The Bertz CT molecular complexity index is 418. The Balaban J connectivity index is 2.61. The highest BCUT2D eigenvalue weighted by atomic mass is 35.5. The van der Waals surface area contributed by atoms with E-state index >= 15 is 0 Å². The van der Waals surface area contributed by atoms with Crippen LogP contribution in [0.25, 0.3) is 0 Å². The third kappa shape index (κ3) is 3.40. The van der Waals surface area contributed by atoms with Gasteiger partial charge in [-0.1, -0.05) is 29.8 Å². The van der Waals surface area contributed by atoms with Crippen LogP contribution >= 0.6 is 11.6 Å². The summed E-state index contributed by atoms with van der Waals surface area (Å²) in [6, 6.07) is 6.68. The molecule has 0 aliphatic carbocycles. The average molecular weight is 239 g/mol. The first-order chi connectivity index (χ1) is 7.65. The zero-order valence-corrected chi connectivity index (χ0v) is 9.25. The van der Waals surface area contributed by atoms with Gasteiger partial charge in [-0.05, 0) is 12.1 Å². The van der Waals surface area contributed by atoms with E-state index in [-0.39, 0.29) is 6.54 Å². The minimum absolute atomic E-state index is 0.245. The molecule has 0 heterocycles. The average Bonchev–Trinajstić information content (AvgIpc) is 2.28. The predicted octanol–water partition coefficient (Wildman–Crippen LogP) is 1.58. The van der Waals surface area contributed by atoms with E-state index in [9.17, 15) is 9.59 Å². The van der Waals surface area contributed by atoms with Gasteiger partial charge in [0.25, 0.3) is 0 Å². The van der Waals surface area contributed by atoms with Gasteiger partial charge in [-0.25, -0.2) is 0 Å². The highest BCUT2D eigenvalue weighted by Gasteiger charge is 2.13. The second-order valence-corrected chi connectivity index (χ2v) is 3.34. The van der Waals surface area contributed by atoms with Crippen LogP contribution in [0.1, 0.15) is 0 Å². The number of carbonyl (C=O) groups excluding carboxylic acids is 2. The van der Waals surface area contributed by atoms with Gasteiger partial charge in [-0.15, -0.1) is 6.58 Å². The molecule has 0 aromatic heterocycles. The highest BCUT2D eigenvalue weighted by Crippen LogP contribution is 2.19. The molecule has 0 unspecified atom stereocenters. The second-order valence-electron chi connectivity index (χ2n) is 2.93. The summed E-state index contributed by atoms with van der Waals surface area (Å²) in [6.07, 6.45) is 1.49. The molecule has 1 aromatic carbocycles. The SMILES string of the molecule is C=CCNC(=O)C(=O)Nc1ccccc1Cl. The van der Waals surface area contributed by atoms with Gasteiger partial charge in [0.1, 0.15) is 0 Å². The summed E-state index contributed by atoms with van der Waals surface area (Å²) in [7, 11) is 0. The number of hydrogen-bond acceptors (Lipinski definition) is 2. The highest BCUT2D eigenvalue weighted by molar-refractivity contribution is 6.41. The molecule has 0 bridgehead atoms. The third-order valence-electron chi connectivity index (χ3n) is 1.74. The molecule has 5 heteroatoms. The summed E-state index contributed by atoms with van der Waals surface area (Å²) in [4.78, 5) is 22.6. The molecule has 16 heavy (non-hydrogen) atoms. The van der Waals surface area contributed by atoms with Crippen molar-refractivity contribution in [3.63, 3.8) is 0 Å². The molecular weight excluding hydrogens is 228 g/mol. The maximum Gasteiger partial charge on any atom is 0.313 e. The molecule has 0 aliphatic rings. The minimum Gasteiger partial charge on any atom is -0.344 e. The topological polar surface area (TPSA) is 58.2 Å². The van der Waals surface area contributed by atoms with Crippen LogP contribution in [-0.2, 0) is 9.59 Å². The van der Waals surface area contributed by atoms with E-state index in [1.807, 2.05) is 0 Å². The summed E-state index contributed by atoms with van der Waals surface area (Å²) >= 11 is 5.81. The van der Waals surface area contributed by atoms with Crippen molar-refractivity contribution in [3.8, 4) is 0 Å². The minimum atomic E-state index is -0.755. The van der Waals surface area contributed by atoms with Gasteiger partial charge in [0.2, 0.25) is 0 Å². The van der Waals surface area contributed by atoms with Gasteiger partial charge in [0, 0.05) is 6.54 Å². The van der Waals surface area contributed by atoms with Gasteiger partial charge in [-0.3, -0.25) is 9.59 Å². The summed E-state index contributed by atoms with van der Waals surface area (Å²) in [5.41, 5.74) is 0.405. The van der Waals surface area contributed by atoms with E-state index < -0.39 is 11.8 Å². The second kappa shape index (κ2) is 5.92. The fourth-order valence-electron chi connectivity index (χ4n) is 0.987. The first-order valence-corrected chi connectivity index (χ1v) is 4.97. The van der Waals surface area contributed by atoms with Crippen LogP contribution in [-0.4, -0.2) is 18.4 Å². The first-order valence-electron chi connectivity index (χ1n) is 4.59. The van der Waals surface area contributed by atoms with Gasteiger partial charge >= 0.3 is 11.8 Å². The first kappa shape index (κ1) is 12.3. The number of anilines is 1. The van der Waals surface area contributed by atoms with Crippen molar-refractivity contribution in [1.82, 2.24) is 5.32 Å². The molecule has 0 fully saturated rings. The van der Waals surface area contributed by atoms with Gasteiger partial charge in [-0.2, -0.15) is 0 Å². The summed E-state index contributed by atoms with van der Waals surface area (Å²) < 4.78 is 0. The number of para-hydroxylation sites is 1. The van der Waals surface area contributed by atoms with E-state index in [1.165, 1.54) is 6.08 Å². The van der Waals surface area contributed by atoms with Crippen LogP contribution < -0.4 is 10.6 Å². The molecule has 1 aromatic rings. The van der Waals surface area contributed by atoms with Crippen LogP contribution in [0.15, 0.2) is 36.9 Å². The molecule has 84 valence electrons. The van der Waals surface area contributed by atoms with Crippen molar-refractivity contribution < 1.29 is 9.59 Å². The van der Waals surface area contributed by atoms with Crippen LogP contribution in [0.2, 0.25) is 5.02 Å². The van der Waals surface area contributed by atoms with E-state index in [0.717, 1.165) is 0 Å². The molecule has 4 nitrogen and oxygen atoms in total. The maximum atomic E-state index is 11.4. The van der Waals surface area contributed by atoms with E-state index in [2.05, 4.69) is 17.2 Å². The zero-order valence-electron chi connectivity index (χ0n) is 8.50. The summed E-state index contributed by atoms with van der Waals surface area (Å²) in [5, 5.41) is 5.14. The molecular formula is C11H11ClN2O2. The molecule has 0 saturated heterocycles. The van der Waals surface area contributed by atoms with E-state index in [1.54, 1.807) is 24.3 Å². The summed E-state index contributed by atoms with van der Waals surface area (Å²) in [6.45, 7) is 3.67. The Morgan fingerprint density at radius 3 is 2.62 bits per heavy atom. The molecule has 0 saturated carbocycles. The monoisotopic (exact) mass is 238 g/mol. The van der Waals surface area contributed by atoms with Crippen LogP contribution in [0.3, 0.4) is 0 Å². The van der Waals surface area contributed by atoms with Crippen molar-refractivity contribution in [2.24, 2.45) is 0 Å². The van der Waals surface area contributed by atoms with Gasteiger partial charge < -0.3 is 10.6 Å². The standard InChI is InChI=1S/C11H11ClN2O2/c1-2-7-13-10(15)11(16)14-9-6-4-3-5-8(9)12/h2-6H,1,7H2,(H,13,15)(H,14,16). The molecule has 0 atom stereocenters. The van der Waals surface area contributed by atoms with Crippen LogP contribution in [0.5, 0.6) is 0 Å². The number of halogens is 1. The van der Waals surface area contributed by atoms with Crippen molar-refractivity contribution in [3.05, 3.63) is 41.9 Å². The normalized spacial score (nSPS) is 9.31. The lowest BCUT2D eigenvalue weighted by atomic mass is 10.3. The van der Waals surface area contributed by atoms with Crippen molar-refractivity contribution in [1.29, 1.82) is 0 Å². The number of rotatable bonds is 3. The Morgan fingerprint density at radius 2 is 2.00 bits per heavy atom. The molecule has 0 radical (unpaired) electrons. The number of hydrogen-bond donors (Lipinski definition) is 2. The van der Waals surface area contributed by atoms with Crippen molar-refractivity contribution >= 4 is 29.1 Å². The Kier molecular flexibility index (Phi) is 4.54. The van der Waals surface area contributed by atoms with Crippen LogP contribution in [0, 0.1) is 0 Å². The fraction of sp³-hybridized carbons (Fsp3) is 0.0909. The lowest BCUT2D eigenvalue weighted by Crippen LogP contribution is -2.35. The number of carbonyl (C=O) groups is 2. The number of benzene rings is 1. The number of amides is 2. The third-order valence-corrected chi connectivity index (χ3v) is 2.06. The Labute approximate surface area is 98.3 Å². The lowest BCUT2D eigenvalue weighted by molar-refractivity contribution is -0.136. The van der Waals surface area contributed by atoms with E-state index in [0.29, 0.717) is 10.7 Å². The van der Waals surface area contributed by atoms with Crippen molar-refractivity contribution in [2.75, 3.05) is 11.9 Å². The quantitative estimate of drug-likeness (QED) is 0.621. The Morgan fingerprint density at radius 1 is 1.31 bits per heavy atom. The largest absolute Gasteiger partial charge is 0.344 e. The van der Waals surface area contributed by atoms with Crippen LogP contribution in [0.4, 0.5) is 5.69 Å². The smallest absolute Gasteiger partial charge is 0.313 e. The Hall–Kier alpha value is -1.81. The molecule has 2 N–H and O–H groups in total. The molecule has 0 spiro atoms. The lowest BCUT2D eigenvalue weighted by Gasteiger charge is -2.06. The van der Waals surface area contributed by atoms with Gasteiger partial charge in [0.15, 0.2) is 0 Å². The van der Waals surface area contributed by atoms with Gasteiger partial charge in [0.05, 0.1) is 10.7 Å². The number of nitrogens with one attached hydrogen (secondary N) is 2. The molecule has 2 amide bonds. The molecule has 1 rings (SSSR count). The van der Waals surface area contributed by atoms with Crippen molar-refractivity contribution in [2.45, 2.75) is 0 Å². The maximum absolute atomic E-state index is 11.4.